The minimum atomic E-state index is -0.0681. The van der Waals surface area contributed by atoms with Crippen molar-refractivity contribution >= 4 is 5.69 Å². The van der Waals surface area contributed by atoms with Gasteiger partial charge in [0.25, 0.3) is 0 Å². The maximum Gasteiger partial charge on any atom is 0.0449 e. The Morgan fingerprint density at radius 1 is 1.26 bits per heavy atom. The number of hydrogen-bond acceptors (Lipinski definition) is 3. The summed E-state index contributed by atoms with van der Waals surface area (Å²) in [5.41, 5.74) is 8.27. The number of rotatable bonds is 6. The van der Waals surface area contributed by atoms with E-state index in [9.17, 15) is 0 Å². The predicted octanol–water partition coefficient (Wildman–Crippen LogP) is 3.06. The van der Waals surface area contributed by atoms with Crippen LogP contribution in [0.4, 0.5) is 5.69 Å². The molecule has 0 heterocycles. The molecule has 2 rings (SSSR count). The molecular weight excluding hydrogens is 236 g/mol. The Bertz CT molecular complexity index is 375. The number of nitrogens with one attached hydrogen (secondary N) is 1. The SMILES string of the molecule is N[C@H](CCO)c1cccc(NCC2CCCCC2)c1. The minimum absolute atomic E-state index is 0.0681. The first-order chi connectivity index (χ1) is 9.29. The van der Waals surface area contributed by atoms with E-state index in [-0.39, 0.29) is 12.6 Å². The highest BCUT2D eigenvalue weighted by Gasteiger charge is 2.13. The molecule has 3 nitrogen and oxygen atoms in total. The number of nitrogens with two attached hydrogens (primary N) is 1. The molecule has 0 unspecified atom stereocenters. The molecule has 1 aliphatic carbocycles. The van der Waals surface area contributed by atoms with Crippen LogP contribution in [0, 0.1) is 5.92 Å². The molecule has 0 saturated heterocycles. The molecule has 1 atom stereocenters. The Morgan fingerprint density at radius 3 is 2.79 bits per heavy atom. The van der Waals surface area contributed by atoms with E-state index in [1.165, 1.54) is 32.1 Å². The first kappa shape index (κ1) is 14.4. The van der Waals surface area contributed by atoms with E-state index in [0.717, 1.165) is 23.7 Å². The summed E-state index contributed by atoms with van der Waals surface area (Å²) in [5, 5.41) is 12.5. The van der Waals surface area contributed by atoms with E-state index in [1.54, 1.807) is 0 Å². The summed E-state index contributed by atoms with van der Waals surface area (Å²) in [6.45, 7) is 1.21. The van der Waals surface area contributed by atoms with E-state index in [1.807, 2.05) is 12.1 Å². The molecule has 106 valence electrons. The van der Waals surface area contributed by atoms with Crippen LogP contribution in [0.2, 0.25) is 0 Å². The second kappa shape index (κ2) is 7.51. The van der Waals surface area contributed by atoms with E-state index in [2.05, 4.69) is 17.4 Å². The van der Waals surface area contributed by atoms with Gasteiger partial charge in [-0.3, -0.25) is 0 Å². The molecule has 1 aromatic rings. The lowest BCUT2D eigenvalue weighted by molar-refractivity contribution is 0.276. The molecule has 0 aliphatic heterocycles. The van der Waals surface area contributed by atoms with Crippen molar-refractivity contribution in [1.29, 1.82) is 0 Å². The van der Waals surface area contributed by atoms with Crippen LogP contribution >= 0.6 is 0 Å². The normalized spacial score (nSPS) is 18.2. The van der Waals surface area contributed by atoms with Crippen LogP contribution in [0.1, 0.15) is 50.1 Å². The van der Waals surface area contributed by atoms with Gasteiger partial charge in [0, 0.05) is 24.9 Å². The van der Waals surface area contributed by atoms with Gasteiger partial charge in [-0.15, -0.1) is 0 Å². The lowest BCUT2D eigenvalue weighted by atomic mass is 9.89. The fourth-order valence-electron chi connectivity index (χ4n) is 2.84. The third-order valence-electron chi connectivity index (χ3n) is 4.07. The summed E-state index contributed by atoms with van der Waals surface area (Å²) in [4.78, 5) is 0. The maximum atomic E-state index is 8.95. The highest BCUT2D eigenvalue weighted by Crippen LogP contribution is 2.24. The van der Waals surface area contributed by atoms with Crippen LogP contribution < -0.4 is 11.1 Å². The summed E-state index contributed by atoms with van der Waals surface area (Å²) in [7, 11) is 0. The smallest absolute Gasteiger partial charge is 0.0449 e. The molecule has 1 aliphatic rings. The fraction of sp³-hybridized carbons (Fsp3) is 0.625. The van der Waals surface area contributed by atoms with Crippen molar-refractivity contribution in [3.05, 3.63) is 29.8 Å². The van der Waals surface area contributed by atoms with Crippen LogP contribution in [0.3, 0.4) is 0 Å². The molecule has 1 aromatic carbocycles. The number of anilines is 1. The number of benzene rings is 1. The quantitative estimate of drug-likeness (QED) is 0.738. The monoisotopic (exact) mass is 262 g/mol. The second-order valence-corrected chi connectivity index (χ2v) is 5.63. The number of hydrogen-bond donors (Lipinski definition) is 3. The maximum absolute atomic E-state index is 8.95. The van der Waals surface area contributed by atoms with Gasteiger partial charge in [-0.25, -0.2) is 0 Å². The van der Waals surface area contributed by atoms with Crippen molar-refractivity contribution < 1.29 is 5.11 Å². The third-order valence-corrected chi connectivity index (χ3v) is 4.07. The predicted molar refractivity (Wildman–Crippen MR) is 80.1 cm³/mol. The molecule has 1 fully saturated rings. The van der Waals surface area contributed by atoms with Crippen molar-refractivity contribution in [2.45, 2.75) is 44.6 Å². The highest BCUT2D eigenvalue weighted by atomic mass is 16.3. The van der Waals surface area contributed by atoms with Gasteiger partial charge in [-0.1, -0.05) is 31.4 Å². The van der Waals surface area contributed by atoms with Crippen LogP contribution in [0.25, 0.3) is 0 Å². The highest BCUT2D eigenvalue weighted by molar-refractivity contribution is 5.46. The zero-order valence-electron chi connectivity index (χ0n) is 11.6. The first-order valence-corrected chi connectivity index (χ1v) is 7.50. The van der Waals surface area contributed by atoms with Crippen molar-refractivity contribution in [3.8, 4) is 0 Å². The Hall–Kier alpha value is -1.06. The summed E-state index contributed by atoms with van der Waals surface area (Å²) in [6.07, 6.45) is 7.50. The Morgan fingerprint density at radius 2 is 2.05 bits per heavy atom. The van der Waals surface area contributed by atoms with Crippen LogP contribution in [0.15, 0.2) is 24.3 Å². The van der Waals surface area contributed by atoms with E-state index >= 15 is 0 Å². The average Bonchev–Trinajstić information content (AvgIpc) is 2.47. The molecule has 0 spiro atoms. The zero-order chi connectivity index (χ0) is 13.5. The van der Waals surface area contributed by atoms with Crippen LogP contribution in [0.5, 0.6) is 0 Å². The molecule has 1 saturated carbocycles. The van der Waals surface area contributed by atoms with Crippen LogP contribution in [-0.4, -0.2) is 18.3 Å². The van der Waals surface area contributed by atoms with Gasteiger partial charge in [0.05, 0.1) is 0 Å². The standard InChI is InChI=1S/C16H26N2O/c17-16(9-10-19)14-7-4-8-15(11-14)18-12-13-5-2-1-3-6-13/h4,7-8,11,13,16,18-19H,1-3,5-6,9-10,12,17H2/t16-/m1/s1. The Kier molecular flexibility index (Phi) is 5.67. The molecule has 19 heavy (non-hydrogen) atoms. The summed E-state index contributed by atoms with van der Waals surface area (Å²) in [6, 6.07) is 8.21. The molecule has 0 aromatic heterocycles. The zero-order valence-corrected chi connectivity index (χ0v) is 11.6. The average molecular weight is 262 g/mol. The lowest BCUT2D eigenvalue weighted by Crippen LogP contribution is -2.17. The minimum Gasteiger partial charge on any atom is -0.396 e. The molecule has 0 amide bonds. The summed E-state index contributed by atoms with van der Waals surface area (Å²) >= 11 is 0. The number of aliphatic hydroxyl groups excluding tert-OH is 1. The van der Waals surface area contributed by atoms with E-state index < -0.39 is 0 Å². The Balaban J connectivity index is 1.87. The van der Waals surface area contributed by atoms with E-state index in [0.29, 0.717) is 6.42 Å². The molecule has 3 heteroatoms. The van der Waals surface area contributed by atoms with E-state index in [4.69, 9.17) is 10.8 Å². The van der Waals surface area contributed by atoms with Gasteiger partial charge in [0.2, 0.25) is 0 Å². The number of aliphatic hydroxyl groups is 1. The van der Waals surface area contributed by atoms with Gasteiger partial charge in [0.1, 0.15) is 0 Å². The van der Waals surface area contributed by atoms with Crippen molar-refractivity contribution in [1.82, 2.24) is 0 Å². The van der Waals surface area contributed by atoms with Crippen molar-refractivity contribution in [2.75, 3.05) is 18.5 Å². The largest absolute Gasteiger partial charge is 0.396 e. The first-order valence-electron chi connectivity index (χ1n) is 7.50. The third kappa shape index (κ3) is 4.51. The lowest BCUT2D eigenvalue weighted by Gasteiger charge is -2.22. The molecule has 4 N–H and O–H groups in total. The van der Waals surface area contributed by atoms with Gasteiger partial charge in [0.15, 0.2) is 0 Å². The topological polar surface area (TPSA) is 58.3 Å². The molecular formula is C16H26N2O. The molecule has 0 bridgehead atoms. The second-order valence-electron chi connectivity index (χ2n) is 5.63. The summed E-state index contributed by atoms with van der Waals surface area (Å²) in [5.74, 6) is 0.823. The van der Waals surface area contributed by atoms with Crippen LogP contribution in [-0.2, 0) is 0 Å². The summed E-state index contributed by atoms with van der Waals surface area (Å²) < 4.78 is 0. The van der Waals surface area contributed by atoms with Gasteiger partial charge in [-0.05, 0) is 42.9 Å². The fourth-order valence-corrected chi connectivity index (χ4v) is 2.84. The van der Waals surface area contributed by atoms with Gasteiger partial charge < -0.3 is 16.2 Å². The Labute approximate surface area is 116 Å². The van der Waals surface area contributed by atoms with Gasteiger partial charge in [-0.2, -0.15) is 0 Å². The van der Waals surface area contributed by atoms with Crippen molar-refractivity contribution in [2.24, 2.45) is 11.7 Å². The van der Waals surface area contributed by atoms with Gasteiger partial charge >= 0.3 is 0 Å². The molecule has 0 radical (unpaired) electrons. The van der Waals surface area contributed by atoms with Crippen molar-refractivity contribution in [3.63, 3.8) is 0 Å².